The first-order chi connectivity index (χ1) is 13.7. The van der Waals surface area contributed by atoms with Gasteiger partial charge in [0.15, 0.2) is 0 Å². The molecule has 6 heteroatoms. The van der Waals surface area contributed by atoms with Crippen LogP contribution in [0.3, 0.4) is 0 Å². The summed E-state index contributed by atoms with van der Waals surface area (Å²) in [4.78, 5) is 14.2. The van der Waals surface area contributed by atoms with Crippen LogP contribution in [0.25, 0.3) is 0 Å². The lowest BCUT2D eigenvalue weighted by molar-refractivity contribution is -0.921. The standard InChI is InChI=1S/C22H25ClN2O3/c23-20-5-6-21-18(12-20)11-19(15-28-21)22(26)24-13-16-3-1-2-4-17(16)14-25-7-9-27-10-8-25/h1-6,12,19H,7-11,13-15H2,(H,24,26)/p+1/t19-/m1/s1. The van der Waals surface area contributed by atoms with Gasteiger partial charge < -0.3 is 19.7 Å². The number of nitrogens with one attached hydrogen (secondary N) is 2. The summed E-state index contributed by atoms with van der Waals surface area (Å²) in [6.45, 7) is 5.61. The van der Waals surface area contributed by atoms with Crippen molar-refractivity contribution in [3.63, 3.8) is 0 Å². The van der Waals surface area contributed by atoms with Crippen LogP contribution >= 0.6 is 11.6 Å². The predicted molar refractivity (Wildman–Crippen MR) is 108 cm³/mol. The first-order valence-corrected chi connectivity index (χ1v) is 10.2. The molecule has 0 saturated carbocycles. The van der Waals surface area contributed by atoms with Crippen LogP contribution in [0.4, 0.5) is 0 Å². The molecule has 28 heavy (non-hydrogen) atoms. The van der Waals surface area contributed by atoms with Crippen LogP contribution in [0.2, 0.25) is 5.02 Å². The number of hydrogen-bond donors (Lipinski definition) is 2. The molecule has 148 valence electrons. The number of morpholine rings is 1. The first kappa shape index (κ1) is 19.2. The van der Waals surface area contributed by atoms with Gasteiger partial charge in [-0.25, -0.2) is 0 Å². The maximum atomic E-state index is 12.7. The molecule has 1 fully saturated rings. The number of rotatable bonds is 5. The average molecular weight is 402 g/mol. The molecule has 2 heterocycles. The van der Waals surface area contributed by atoms with Gasteiger partial charge in [0.2, 0.25) is 5.91 Å². The van der Waals surface area contributed by atoms with E-state index >= 15 is 0 Å². The number of quaternary nitrogens is 1. The number of benzene rings is 2. The second kappa shape index (κ2) is 8.95. The maximum absolute atomic E-state index is 12.7. The number of fused-ring (bicyclic) bond motifs is 1. The minimum atomic E-state index is -0.192. The molecule has 0 aliphatic carbocycles. The fourth-order valence-electron chi connectivity index (χ4n) is 3.87. The summed E-state index contributed by atoms with van der Waals surface area (Å²) in [6.07, 6.45) is 0.654. The third kappa shape index (κ3) is 4.66. The predicted octanol–water partition coefficient (Wildman–Crippen LogP) is 1.62. The molecule has 2 aliphatic heterocycles. The van der Waals surface area contributed by atoms with E-state index in [2.05, 4.69) is 23.5 Å². The van der Waals surface area contributed by atoms with Gasteiger partial charge in [0, 0.05) is 17.1 Å². The second-order valence-electron chi connectivity index (χ2n) is 7.49. The van der Waals surface area contributed by atoms with E-state index in [9.17, 15) is 4.79 Å². The number of carbonyl (C=O) groups excluding carboxylic acids is 1. The fourth-order valence-corrected chi connectivity index (χ4v) is 4.06. The largest absolute Gasteiger partial charge is 0.492 e. The molecule has 5 nitrogen and oxygen atoms in total. The van der Waals surface area contributed by atoms with E-state index in [-0.39, 0.29) is 11.8 Å². The summed E-state index contributed by atoms with van der Waals surface area (Å²) < 4.78 is 11.2. The molecule has 4 rings (SSSR count). The lowest BCUT2D eigenvalue weighted by atomic mass is 9.96. The number of halogens is 1. The van der Waals surface area contributed by atoms with Crippen molar-refractivity contribution in [1.29, 1.82) is 0 Å². The van der Waals surface area contributed by atoms with E-state index < -0.39 is 0 Å². The van der Waals surface area contributed by atoms with Crippen molar-refractivity contribution in [3.8, 4) is 5.75 Å². The van der Waals surface area contributed by atoms with Gasteiger partial charge in [-0.3, -0.25) is 4.79 Å². The van der Waals surface area contributed by atoms with E-state index in [0.29, 0.717) is 24.6 Å². The van der Waals surface area contributed by atoms with Crippen LogP contribution < -0.4 is 15.0 Å². The zero-order chi connectivity index (χ0) is 19.3. The highest BCUT2D eigenvalue weighted by Crippen LogP contribution is 2.29. The normalized spacial score (nSPS) is 19.5. The topological polar surface area (TPSA) is 52.0 Å². The zero-order valence-electron chi connectivity index (χ0n) is 15.9. The summed E-state index contributed by atoms with van der Waals surface area (Å²) in [5.74, 6) is 0.662. The lowest BCUT2D eigenvalue weighted by Gasteiger charge is -2.26. The molecular weight excluding hydrogens is 376 g/mol. The van der Waals surface area contributed by atoms with Crippen molar-refractivity contribution in [1.82, 2.24) is 5.32 Å². The van der Waals surface area contributed by atoms with E-state index in [1.54, 1.807) is 0 Å². The molecule has 2 aromatic rings. The minimum Gasteiger partial charge on any atom is -0.492 e. The Hall–Kier alpha value is -2.08. The van der Waals surface area contributed by atoms with Gasteiger partial charge in [0.25, 0.3) is 0 Å². The Labute approximate surface area is 170 Å². The quantitative estimate of drug-likeness (QED) is 0.800. The SMILES string of the molecule is O=C(NCc1ccccc1C[NH+]1CCOCC1)[C@H]1COc2ccc(Cl)cc2C1. The van der Waals surface area contributed by atoms with Crippen LogP contribution in [0.1, 0.15) is 16.7 Å². The second-order valence-corrected chi connectivity index (χ2v) is 7.93. The highest BCUT2D eigenvalue weighted by molar-refractivity contribution is 6.30. The van der Waals surface area contributed by atoms with Crippen molar-refractivity contribution >= 4 is 17.5 Å². The lowest BCUT2D eigenvalue weighted by Crippen LogP contribution is -3.12. The summed E-state index contributed by atoms with van der Waals surface area (Å²) in [7, 11) is 0. The fraction of sp³-hybridized carbons (Fsp3) is 0.409. The molecule has 1 saturated heterocycles. The van der Waals surface area contributed by atoms with Crippen molar-refractivity contribution in [3.05, 3.63) is 64.2 Å². The average Bonchev–Trinajstić information content (AvgIpc) is 2.73. The van der Waals surface area contributed by atoms with Gasteiger partial charge in [0.1, 0.15) is 32.0 Å². The van der Waals surface area contributed by atoms with Crippen LogP contribution in [-0.2, 0) is 29.0 Å². The molecule has 2 aliphatic rings. The molecule has 1 atom stereocenters. The van der Waals surface area contributed by atoms with Gasteiger partial charge in [0.05, 0.1) is 19.1 Å². The number of hydrogen-bond acceptors (Lipinski definition) is 3. The smallest absolute Gasteiger partial charge is 0.227 e. The molecule has 0 spiro atoms. The van der Waals surface area contributed by atoms with Crippen molar-refractivity contribution < 1.29 is 19.2 Å². The molecule has 2 aromatic carbocycles. The van der Waals surface area contributed by atoms with Crippen molar-refractivity contribution in [2.24, 2.45) is 5.92 Å². The first-order valence-electron chi connectivity index (χ1n) is 9.86. The zero-order valence-corrected chi connectivity index (χ0v) is 16.6. The monoisotopic (exact) mass is 401 g/mol. The minimum absolute atomic E-state index is 0.0270. The van der Waals surface area contributed by atoms with Gasteiger partial charge in [-0.05, 0) is 35.7 Å². The Morgan fingerprint density at radius 1 is 1.14 bits per heavy atom. The van der Waals surface area contributed by atoms with Crippen LogP contribution in [0.15, 0.2) is 42.5 Å². The molecule has 0 bridgehead atoms. The van der Waals surface area contributed by atoms with E-state index in [0.717, 1.165) is 44.2 Å². The van der Waals surface area contributed by atoms with E-state index in [4.69, 9.17) is 21.1 Å². The molecular formula is C22H26ClN2O3+. The Kier molecular flexibility index (Phi) is 6.15. The third-order valence-electron chi connectivity index (χ3n) is 5.51. The molecule has 0 radical (unpaired) electrons. The molecule has 1 amide bonds. The molecule has 2 N–H and O–H groups in total. The summed E-state index contributed by atoms with van der Waals surface area (Å²) in [6, 6.07) is 13.9. The summed E-state index contributed by atoms with van der Waals surface area (Å²) >= 11 is 6.08. The Morgan fingerprint density at radius 3 is 2.75 bits per heavy atom. The van der Waals surface area contributed by atoms with Gasteiger partial charge in [-0.1, -0.05) is 35.9 Å². The van der Waals surface area contributed by atoms with Gasteiger partial charge in [-0.2, -0.15) is 0 Å². The van der Waals surface area contributed by atoms with E-state index in [1.807, 2.05) is 24.3 Å². The van der Waals surface area contributed by atoms with E-state index in [1.165, 1.54) is 16.0 Å². The summed E-state index contributed by atoms with van der Waals surface area (Å²) in [5.41, 5.74) is 3.46. The highest BCUT2D eigenvalue weighted by atomic mass is 35.5. The maximum Gasteiger partial charge on any atom is 0.227 e. The number of carbonyl (C=O) groups is 1. The number of ether oxygens (including phenoxy) is 2. The van der Waals surface area contributed by atoms with Crippen LogP contribution in [0.5, 0.6) is 5.75 Å². The molecule has 0 unspecified atom stereocenters. The Morgan fingerprint density at radius 2 is 1.93 bits per heavy atom. The third-order valence-corrected chi connectivity index (χ3v) is 5.75. The molecule has 0 aromatic heterocycles. The van der Waals surface area contributed by atoms with Gasteiger partial charge in [-0.15, -0.1) is 0 Å². The van der Waals surface area contributed by atoms with Crippen LogP contribution in [0, 0.1) is 5.92 Å². The highest BCUT2D eigenvalue weighted by Gasteiger charge is 2.26. The van der Waals surface area contributed by atoms with Crippen molar-refractivity contribution in [2.45, 2.75) is 19.5 Å². The van der Waals surface area contributed by atoms with Crippen molar-refractivity contribution in [2.75, 3.05) is 32.9 Å². The van der Waals surface area contributed by atoms with Crippen LogP contribution in [-0.4, -0.2) is 38.8 Å². The van der Waals surface area contributed by atoms with Gasteiger partial charge >= 0.3 is 0 Å². The number of amides is 1. The Balaban J connectivity index is 1.36. The Bertz CT molecular complexity index is 836. The summed E-state index contributed by atoms with van der Waals surface area (Å²) in [5, 5.41) is 3.78.